The van der Waals surface area contributed by atoms with Crippen molar-refractivity contribution in [2.45, 2.75) is 19.4 Å². The third kappa shape index (κ3) is 5.07. The maximum absolute atomic E-state index is 12.1. The minimum absolute atomic E-state index is 0.0595. The molecule has 1 N–H and O–H groups in total. The Morgan fingerprint density at radius 1 is 1.22 bits per heavy atom. The molecule has 0 radical (unpaired) electrons. The number of carbonyl (C=O) groups excluding carboxylic acids is 2. The average Bonchev–Trinajstić information content (AvgIpc) is 2.87. The summed E-state index contributed by atoms with van der Waals surface area (Å²) in [7, 11) is -1.34. The number of hydrogen-bond acceptors (Lipinski definition) is 5. The lowest BCUT2D eigenvalue weighted by Gasteiger charge is -2.34. The number of nitrogens with one attached hydrogen (secondary N) is 1. The standard InChI is InChI=1S/C14H26N4O4S/c1-12(19)18-8-6-17(7-9-18)5-4-15-14(20)16(2)13-3-10-23(21,22)11-13/h13H,3-11H2,1-2H3,(H,15,20)/t13-/m1/s1. The third-order valence-electron chi connectivity index (χ3n) is 4.60. The molecule has 0 aromatic carbocycles. The summed E-state index contributed by atoms with van der Waals surface area (Å²) in [6, 6.07) is -0.450. The summed E-state index contributed by atoms with van der Waals surface area (Å²) in [6.07, 6.45) is 0.513. The summed E-state index contributed by atoms with van der Waals surface area (Å²) >= 11 is 0. The predicted octanol–water partition coefficient (Wildman–Crippen LogP) is -1.02. The highest BCUT2D eigenvalue weighted by molar-refractivity contribution is 7.91. The lowest BCUT2D eigenvalue weighted by Crippen LogP contribution is -2.51. The van der Waals surface area contributed by atoms with Crippen LogP contribution >= 0.6 is 0 Å². The molecule has 0 aliphatic carbocycles. The second-order valence-electron chi connectivity index (χ2n) is 6.25. The molecule has 0 unspecified atom stereocenters. The molecule has 0 saturated carbocycles. The molecule has 2 saturated heterocycles. The number of urea groups is 1. The number of sulfone groups is 1. The van der Waals surface area contributed by atoms with Crippen LogP contribution in [0.2, 0.25) is 0 Å². The molecule has 1 atom stereocenters. The van der Waals surface area contributed by atoms with Gasteiger partial charge < -0.3 is 15.1 Å². The molecule has 0 bridgehead atoms. The van der Waals surface area contributed by atoms with E-state index in [1.165, 1.54) is 4.90 Å². The van der Waals surface area contributed by atoms with Crippen molar-refractivity contribution in [3.63, 3.8) is 0 Å². The first-order valence-corrected chi connectivity index (χ1v) is 9.79. The van der Waals surface area contributed by atoms with Crippen LogP contribution < -0.4 is 5.32 Å². The van der Waals surface area contributed by atoms with Gasteiger partial charge in [-0.15, -0.1) is 0 Å². The van der Waals surface area contributed by atoms with Crippen molar-refractivity contribution >= 4 is 21.8 Å². The van der Waals surface area contributed by atoms with E-state index in [1.807, 2.05) is 4.90 Å². The van der Waals surface area contributed by atoms with Gasteiger partial charge in [-0.3, -0.25) is 9.69 Å². The molecule has 2 fully saturated rings. The van der Waals surface area contributed by atoms with Crippen LogP contribution in [0.4, 0.5) is 4.79 Å². The first kappa shape index (κ1) is 18.0. The zero-order chi connectivity index (χ0) is 17.0. The van der Waals surface area contributed by atoms with Crippen LogP contribution in [0.15, 0.2) is 0 Å². The van der Waals surface area contributed by atoms with Gasteiger partial charge >= 0.3 is 6.03 Å². The first-order chi connectivity index (χ1) is 10.8. The maximum atomic E-state index is 12.1. The molecule has 2 heterocycles. The molecule has 8 nitrogen and oxygen atoms in total. The fourth-order valence-electron chi connectivity index (χ4n) is 2.98. The molecule has 23 heavy (non-hydrogen) atoms. The van der Waals surface area contributed by atoms with Crippen molar-refractivity contribution in [2.24, 2.45) is 0 Å². The Morgan fingerprint density at radius 3 is 2.39 bits per heavy atom. The molecule has 132 valence electrons. The van der Waals surface area contributed by atoms with Crippen LogP contribution in [0.1, 0.15) is 13.3 Å². The Hall–Kier alpha value is -1.35. The van der Waals surface area contributed by atoms with Crippen LogP contribution in [0.3, 0.4) is 0 Å². The summed E-state index contributed by atoms with van der Waals surface area (Å²) in [6.45, 7) is 5.90. The quantitative estimate of drug-likeness (QED) is 0.704. The monoisotopic (exact) mass is 346 g/mol. The predicted molar refractivity (Wildman–Crippen MR) is 86.9 cm³/mol. The van der Waals surface area contributed by atoms with Crippen LogP contribution in [0, 0.1) is 0 Å². The van der Waals surface area contributed by atoms with Gasteiger partial charge in [-0.2, -0.15) is 0 Å². The molecule has 2 aliphatic rings. The van der Waals surface area contributed by atoms with E-state index in [2.05, 4.69) is 10.2 Å². The van der Waals surface area contributed by atoms with Gasteiger partial charge in [-0.25, -0.2) is 13.2 Å². The van der Waals surface area contributed by atoms with Crippen LogP contribution in [0.25, 0.3) is 0 Å². The Morgan fingerprint density at radius 2 is 1.87 bits per heavy atom. The summed E-state index contributed by atoms with van der Waals surface area (Å²) < 4.78 is 22.9. The summed E-state index contributed by atoms with van der Waals surface area (Å²) in [5.74, 6) is 0.325. The Labute approximate surface area is 137 Å². The molecular weight excluding hydrogens is 320 g/mol. The van der Waals surface area contributed by atoms with E-state index in [9.17, 15) is 18.0 Å². The molecule has 0 aromatic rings. The summed E-state index contributed by atoms with van der Waals surface area (Å²) in [5.41, 5.74) is 0. The van der Waals surface area contributed by atoms with Crippen molar-refractivity contribution in [2.75, 3.05) is 57.8 Å². The number of carbonyl (C=O) groups is 2. The van der Waals surface area contributed by atoms with E-state index in [0.717, 1.165) is 32.7 Å². The van der Waals surface area contributed by atoms with Gasteiger partial charge in [-0.1, -0.05) is 0 Å². The number of piperazine rings is 1. The van der Waals surface area contributed by atoms with Gasteiger partial charge in [0.1, 0.15) is 0 Å². The number of hydrogen-bond donors (Lipinski definition) is 1. The topological polar surface area (TPSA) is 90.0 Å². The van der Waals surface area contributed by atoms with E-state index in [4.69, 9.17) is 0 Å². The molecule has 9 heteroatoms. The van der Waals surface area contributed by atoms with Crippen molar-refractivity contribution in [1.82, 2.24) is 20.0 Å². The van der Waals surface area contributed by atoms with Gasteiger partial charge in [-0.05, 0) is 6.42 Å². The Bertz CT molecular complexity index is 543. The van der Waals surface area contributed by atoms with Gasteiger partial charge in [0.15, 0.2) is 9.84 Å². The zero-order valence-electron chi connectivity index (χ0n) is 13.8. The molecule has 0 aromatic heterocycles. The van der Waals surface area contributed by atoms with E-state index in [1.54, 1.807) is 14.0 Å². The van der Waals surface area contributed by atoms with Crippen LogP contribution in [-0.2, 0) is 14.6 Å². The summed E-state index contributed by atoms with van der Waals surface area (Å²) in [4.78, 5) is 28.9. The van der Waals surface area contributed by atoms with E-state index in [-0.39, 0.29) is 29.5 Å². The van der Waals surface area contributed by atoms with E-state index >= 15 is 0 Å². The van der Waals surface area contributed by atoms with Gasteiger partial charge in [0.2, 0.25) is 5.91 Å². The second-order valence-corrected chi connectivity index (χ2v) is 8.48. The molecule has 0 spiro atoms. The van der Waals surface area contributed by atoms with Gasteiger partial charge in [0.25, 0.3) is 0 Å². The molecular formula is C14H26N4O4S. The molecule has 3 amide bonds. The maximum Gasteiger partial charge on any atom is 0.317 e. The van der Waals surface area contributed by atoms with Gasteiger partial charge in [0, 0.05) is 59.3 Å². The third-order valence-corrected chi connectivity index (χ3v) is 6.35. The fourth-order valence-corrected chi connectivity index (χ4v) is 4.75. The first-order valence-electron chi connectivity index (χ1n) is 7.97. The lowest BCUT2D eigenvalue weighted by atomic mass is 10.2. The minimum atomic E-state index is -2.99. The SMILES string of the molecule is CC(=O)N1CCN(CCNC(=O)N(C)[C@@H]2CCS(=O)(=O)C2)CC1. The highest BCUT2D eigenvalue weighted by Crippen LogP contribution is 2.16. The van der Waals surface area contributed by atoms with Crippen molar-refractivity contribution in [3.8, 4) is 0 Å². The number of amides is 3. The second kappa shape index (κ2) is 7.48. The lowest BCUT2D eigenvalue weighted by molar-refractivity contribution is -0.130. The van der Waals surface area contributed by atoms with Crippen LogP contribution in [-0.4, -0.2) is 98.9 Å². The van der Waals surface area contributed by atoms with E-state index in [0.29, 0.717) is 13.0 Å². The smallest absolute Gasteiger partial charge is 0.317 e. The highest BCUT2D eigenvalue weighted by atomic mass is 32.2. The minimum Gasteiger partial charge on any atom is -0.340 e. The average molecular weight is 346 g/mol. The van der Waals surface area contributed by atoms with Crippen molar-refractivity contribution < 1.29 is 18.0 Å². The molecule has 2 aliphatic heterocycles. The largest absolute Gasteiger partial charge is 0.340 e. The van der Waals surface area contributed by atoms with Crippen molar-refractivity contribution in [3.05, 3.63) is 0 Å². The van der Waals surface area contributed by atoms with Crippen molar-refractivity contribution in [1.29, 1.82) is 0 Å². The summed E-state index contributed by atoms with van der Waals surface area (Å²) in [5, 5.41) is 2.84. The fraction of sp³-hybridized carbons (Fsp3) is 0.857. The van der Waals surface area contributed by atoms with Crippen LogP contribution in [0.5, 0.6) is 0 Å². The van der Waals surface area contributed by atoms with E-state index < -0.39 is 9.84 Å². The number of nitrogens with zero attached hydrogens (tertiary/aromatic N) is 3. The Kier molecular flexibility index (Phi) is 5.85. The highest BCUT2D eigenvalue weighted by Gasteiger charge is 2.32. The number of rotatable bonds is 4. The Balaban J connectivity index is 1.66. The normalized spacial score (nSPS) is 24.4. The van der Waals surface area contributed by atoms with Gasteiger partial charge in [0.05, 0.1) is 11.5 Å². The zero-order valence-corrected chi connectivity index (χ0v) is 14.6. The molecule has 2 rings (SSSR count).